The maximum atomic E-state index is 12.0. The van der Waals surface area contributed by atoms with E-state index >= 15 is 0 Å². The average molecular weight is 301 g/mol. The summed E-state index contributed by atoms with van der Waals surface area (Å²) in [7, 11) is 0. The lowest BCUT2D eigenvalue weighted by Gasteiger charge is -2.36. The van der Waals surface area contributed by atoms with E-state index in [4.69, 9.17) is 10.4 Å². The van der Waals surface area contributed by atoms with Gasteiger partial charge < -0.3 is 14.9 Å². The van der Waals surface area contributed by atoms with Crippen molar-refractivity contribution in [3.63, 3.8) is 0 Å². The second-order valence-corrected chi connectivity index (χ2v) is 5.27. The average Bonchev–Trinajstić information content (AvgIpc) is 2.54. The van der Waals surface area contributed by atoms with E-state index in [2.05, 4.69) is 11.0 Å². The molecular formula is C16H19N3O3. The first-order valence-electron chi connectivity index (χ1n) is 7.35. The first-order valence-corrected chi connectivity index (χ1v) is 7.35. The number of nitriles is 1. The molecule has 0 aliphatic carbocycles. The van der Waals surface area contributed by atoms with E-state index < -0.39 is 5.97 Å². The van der Waals surface area contributed by atoms with Gasteiger partial charge in [0, 0.05) is 44.7 Å². The molecule has 0 spiro atoms. The number of carboxylic acid groups (broad SMARTS) is 1. The van der Waals surface area contributed by atoms with Crippen molar-refractivity contribution in [1.82, 2.24) is 4.90 Å². The van der Waals surface area contributed by atoms with E-state index in [9.17, 15) is 9.59 Å². The molecule has 6 heteroatoms. The smallest absolute Gasteiger partial charge is 0.303 e. The molecule has 116 valence electrons. The second-order valence-electron chi connectivity index (χ2n) is 5.27. The Morgan fingerprint density at radius 2 is 1.73 bits per heavy atom. The largest absolute Gasteiger partial charge is 0.481 e. The maximum absolute atomic E-state index is 12.0. The van der Waals surface area contributed by atoms with Crippen LogP contribution >= 0.6 is 0 Å². The lowest BCUT2D eigenvalue weighted by molar-refractivity contribution is -0.137. The van der Waals surface area contributed by atoms with Gasteiger partial charge in [0.25, 0.3) is 0 Å². The molecule has 2 rings (SSSR count). The van der Waals surface area contributed by atoms with Crippen molar-refractivity contribution in [2.24, 2.45) is 0 Å². The highest BCUT2D eigenvalue weighted by molar-refractivity contribution is 5.77. The summed E-state index contributed by atoms with van der Waals surface area (Å²) in [5, 5.41) is 17.4. The third kappa shape index (κ3) is 4.22. The number of hydrogen-bond acceptors (Lipinski definition) is 4. The molecule has 0 saturated carbocycles. The zero-order valence-electron chi connectivity index (χ0n) is 12.4. The predicted molar refractivity (Wildman–Crippen MR) is 81.4 cm³/mol. The standard InChI is InChI=1S/C16H19N3O3/c17-12-13-4-6-14(7-5-13)18-8-10-19(11-9-18)15(20)2-1-3-16(21)22/h4-7H,1-3,8-11H2,(H,21,22). The minimum Gasteiger partial charge on any atom is -0.481 e. The van der Waals surface area contributed by atoms with Gasteiger partial charge >= 0.3 is 5.97 Å². The van der Waals surface area contributed by atoms with Gasteiger partial charge in [-0.15, -0.1) is 0 Å². The van der Waals surface area contributed by atoms with Crippen LogP contribution in [0.4, 0.5) is 5.69 Å². The number of amides is 1. The summed E-state index contributed by atoms with van der Waals surface area (Å²) >= 11 is 0. The number of rotatable bonds is 5. The summed E-state index contributed by atoms with van der Waals surface area (Å²) in [5.41, 5.74) is 1.69. The molecule has 1 heterocycles. The quantitative estimate of drug-likeness (QED) is 0.890. The number of carbonyl (C=O) groups is 2. The second kappa shape index (κ2) is 7.46. The highest BCUT2D eigenvalue weighted by Gasteiger charge is 2.21. The Bertz CT molecular complexity index is 569. The molecule has 1 N–H and O–H groups in total. The van der Waals surface area contributed by atoms with Crippen molar-refractivity contribution in [3.05, 3.63) is 29.8 Å². The molecule has 0 bridgehead atoms. The van der Waals surface area contributed by atoms with E-state index in [0.717, 1.165) is 18.8 Å². The molecule has 1 aromatic carbocycles. The van der Waals surface area contributed by atoms with Gasteiger partial charge in [-0.2, -0.15) is 5.26 Å². The number of carbonyl (C=O) groups excluding carboxylic acids is 1. The van der Waals surface area contributed by atoms with Crippen molar-refractivity contribution in [2.75, 3.05) is 31.1 Å². The molecular weight excluding hydrogens is 282 g/mol. The summed E-state index contributed by atoms with van der Waals surface area (Å²) in [6, 6.07) is 9.51. The minimum atomic E-state index is -0.863. The lowest BCUT2D eigenvalue weighted by atomic mass is 10.1. The van der Waals surface area contributed by atoms with Crippen molar-refractivity contribution in [1.29, 1.82) is 5.26 Å². The van der Waals surface area contributed by atoms with Gasteiger partial charge in [0.1, 0.15) is 0 Å². The zero-order chi connectivity index (χ0) is 15.9. The zero-order valence-corrected chi connectivity index (χ0v) is 12.4. The molecule has 1 amide bonds. The molecule has 0 atom stereocenters. The van der Waals surface area contributed by atoms with Crippen LogP contribution in [-0.4, -0.2) is 48.1 Å². The van der Waals surface area contributed by atoms with E-state index in [0.29, 0.717) is 31.5 Å². The highest BCUT2D eigenvalue weighted by Crippen LogP contribution is 2.17. The fraction of sp³-hybridized carbons (Fsp3) is 0.438. The fourth-order valence-corrected chi connectivity index (χ4v) is 2.51. The number of carboxylic acids is 1. The summed E-state index contributed by atoms with van der Waals surface area (Å²) in [6.07, 6.45) is 0.726. The summed E-state index contributed by atoms with van der Waals surface area (Å²) in [6.45, 7) is 2.78. The van der Waals surface area contributed by atoms with Crippen molar-refractivity contribution >= 4 is 17.6 Å². The summed E-state index contributed by atoms with van der Waals surface area (Å²) in [5.74, 6) is -0.834. The van der Waals surface area contributed by atoms with Crippen LogP contribution in [0.15, 0.2) is 24.3 Å². The van der Waals surface area contributed by atoms with Gasteiger partial charge in [0.15, 0.2) is 0 Å². The molecule has 0 radical (unpaired) electrons. The molecule has 6 nitrogen and oxygen atoms in total. The Labute approximate surface area is 129 Å². The SMILES string of the molecule is N#Cc1ccc(N2CCN(C(=O)CCCC(=O)O)CC2)cc1. The molecule has 0 unspecified atom stereocenters. The van der Waals surface area contributed by atoms with Gasteiger partial charge in [0.2, 0.25) is 5.91 Å². The van der Waals surface area contributed by atoms with E-state index in [1.54, 1.807) is 17.0 Å². The van der Waals surface area contributed by atoms with Crippen LogP contribution < -0.4 is 4.90 Å². The van der Waals surface area contributed by atoms with Crippen molar-refractivity contribution in [3.8, 4) is 6.07 Å². The third-order valence-electron chi connectivity index (χ3n) is 3.78. The normalized spacial score (nSPS) is 14.5. The number of aliphatic carboxylic acids is 1. The van der Waals surface area contributed by atoms with Crippen molar-refractivity contribution < 1.29 is 14.7 Å². The molecule has 1 aromatic rings. The topological polar surface area (TPSA) is 84.6 Å². The van der Waals surface area contributed by atoms with Gasteiger partial charge in [-0.1, -0.05) is 0 Å². The fourth-order valence-electron chi connectivity index (χ4n) is 2.51. The summed E-state index contributed by atoms with van der Waals surface area (Å²) < 4.78 is 0. The molecule has 22 heavy (non-hydrogen) atoms. The molecule has 1 aliphatic rings. The predicted octanol–water partition coefficient (Wildman–Crippen LogP) is 1.46. The van der Waals surface area contributed by atoms with Crippen LogP contribution in [0, 0.1) is 11.3 Å². The Balaban J connectivity index is 1.80. The van der Waals surface area contributed by atoms with Crippen LogP contribution in [0.5, 0.6) is 0 Å². The monoisotopic (exact) mass is 301 g/mol. The number of nitrogens with zero attached hydrogens (tertiary/aromatic N) is 3. The third-order valence-corrected chi connectivity index (χ3v) is 3.78. The number of benzene rings is 1. The van der Waals surface area contributed by atoms with Crippen LogP contribution in [0.2, 0.25) is 0 Å². The van der Waals surface area contributed by atoms with E-state index in [-0.39, 0.29) is 12.3 Å². The Morgan fingerprint density at radius 3 is 2.27 bits per heavy atom. The number of hydrogen-bond donors (Lipinski definition) is 1. The molecule has 0 aromatic heterocycles. The molecule has 1 aliphatic heterocycles. The molecule has 1 fully saturated rings. The highest BCUT2D eigenvalue weighted by atomic mass is 16.4. The van der Waals surface area contributed by atoms with Crippen molar-refractivity contribution in [2.45, 2.75) is 19.3 Å². The van der Waals surface area contributed by atoms with Gasteiger partial charge in [-0.05, 0) is 30.7 Å². The van der Waals surface area contributed by atoms with Gasteiger partial charge in [-0.3, -0.25) is 9.59 Å². The lowest BCUT2D eigenvalue weighted by Crippen LogP contribution is -2.48. The summed E-state index contributed by atoms with van der Waals surface area (Å²) in [4.78, 5) is 26.4. The number of piperazine rings is 1. The number of anilines is 1. The maximum Gasteiger partial charge on any atom is 0.303 e. The van der Waals surface area contributed by atoms with Gasteiger partial charge in [-0.25, -0.2) is 0 Å². The van der Waals surface area contributed by atoms with Crippen LogP contribution in [-0.2, 0) is 9.59 Å². The Hall–Kier alpha value is -2.55. The first-order chi connectivity index (χ1) is 10.6. The minimum absolute atomic E-state index is 0.0285. The Kier molecular flexibility index (Phi) is 5.37. The van der Waals surface area contributed by atoms with E-state index in [1.165, 1.54) is 0 Å². The van der Waals surface area contributed by atoms with Crippen LogP contribution in [0.3, 0.4) is 0 Å². The van der Waals surface area contributed by atoms with Gasteiger partial charge in [0.05, 0.1) is 11.6 Å². The van der Waals surface area contributed by atoms with E-state index in [1.807, 2.05) is 12.1 Å². The Morgan fingerprint density at radius 1 is 1.09 bits per heavy atom. The first kappa shape index (κ1) is 15.8. The van der Waals surface area contributed by atoms with Crippen LogP contribution in [0.25, 0.3) is 0 Å². The molecule has 1 saturated heterocycles. The van der Waals surface area contributed by atoms with Crippen LogP contribution in [0.1, 0.15) is 24.8 Å².